The van der Waals surface area contributed by atoms with Crippen LogP contribution in [0.1, 0.15) is 41.6 Å². The van der Waals surface area contributed by atoms with Crippen molar-refractivity contribution in [3.63, 3.8) is 0 Å². The van der Waals surface area contributed by atoms with Crippen molar-refractivity contribution in [2.24, 2.45) is 0 Å². The second-order valence-corrected chi connectivity index (χ2v) is 8.20. The lowest BCUT2D eigenvalue weighted by Crippen LogP contribution is -2.20. The highest BCUT2D eigenvalue weighted by Crippen LogP contribution is 2.46. The molecule has 0 spiro atoms. The third-order valence-electron chi connectivity index (χ3n) is 4.90. The summed E-state index contributed by atoms with van der Waals surface area (Å²) in [5.74, 6) is -1.07. The molecule has 1 aromatic heterocycles. The van der Waals surface area contributed by atoms with Crippen molar-refractivity contribution in [3.05, 3.63) is 57.9 Å². The van der Waals surface area contributed by atoms with E-state index in [0.29, 0.717) is 10.6 Å². The van der Waals surface area contributed by atoms with Crippen LogP contribution in [-0.4, -0.2) is 30.0 Å². The van der Waals surface area contributed by atoms with E-state index in [1.165, 1.54) is 11.8 Å². The molecule has 0 atom stereocenters. The van der Waals surface area contributed by atoms with Gasteiger partial charge in [-0.1, -0.05) is 23.9 Å². The van der Waals surface area contributed by atoms with E-state index < -0.39 is 18.4 Å². The Hall–Kier alpha value is -2.98. The van der Waals surface area contributed by atoms with Gasteiger partial charge in [-0.2, -0.15) is 5.26 Å². The number of anilines is 1. The monoisotopic (exact) mass is 409 g/mol. The molecule has 2 heterocycles. The number of benzene rings is 1. The number of thioether (sulfide) groups is 1. The SMILES string of the molecule is Cc1cc(C(=O)OCC(=O)/C(C#N)=C2\Sc3ccccc3N2C)c(C)n1C(C)C. The van der Waals surface area contributed by atoms with Gasteiger partial charge in [-0.3, -0.25) is 4.79 Å². The van der Waals surface area contributed by atoms with Gasteiger partial charge in [0, 0.05) is 29.4 Å². The van der Waals surface area contributed by atoms with Crippen molar-refractivity contribution >= 4 is 29.2 Å². The van der Waals surface area contributed by atoms with Gasteiger partial charge in [0.1, 0.15) is 16.7 Å². The van der Waals surface area contributed by atoms with Gasteiger partial charge in [-0.05, 0) is 45.9 Å². The second kappa shape index (κ2) is 8.18. The standard InChI is InChI=1S/C22H23N3O3S/c1-13(2)25-14(3)10-16(15(25)4)22(27)28-12-19(26)17(11-23)21-24(5)18-8-6-7-9-20(18)29-21/h6-10,13H,12H2,1-5H3/b21-17-. The van der Waals surface area contributed by atoms with Crippen LogP contribution < -0.4 is 4.90 Å². The van der Waals surface area contributed by atoms with Crippen LogP contribution in [0.4, 0.5) is 5.69 Å². The second-order valence-electron chi connectivity index (χ2n) is 7.17. The Morgan fingerprint density at radius 2 is 1.93 bits per heavy atom. The molecule has 0 amide bonds. The summed E-state index contributed by atoms with van der Waals surface area (Å²) in [6.45, 7) is 7.39. The van der Waals surface area contributed by atoms with Gasteiger partial charge < -0.3 is 14.2 Å². The summed E-state index contributed by atoms with van der Waals surface area (Å²) in [4.78, 5) is 28.0. The third-order valence-corrected chi connectivity index (χ3v) is 6.13. The van der Waals surface area contributed by atoms with Crippen LogP contribution in [0.5, 0.6) is 0 Å². The third kappa shape index (κ3) is 3.81. The van der Waals surface area contributed by atoms with Gasteiger partial charge in [0.15, 0.2) is 6.61 Å². The van der Waals surface area contributed by atoms with Gasteiger partial charge in [0.2, 0.25) is 5.78 Å². The Morgan fingerprint density at radius 1 is 1.24 bits per heavy atom. The number of carbonyl (C=O) groups excluding carboxylic acids is 2. The summed E-state index contributed by atoms with van der Waals surface area (Å²) in [6.07, 6.45) is 0. The fraction of sp³-hybridized carbons (Fsp3) is 0.318. The molecule has 1 aliphatic heterocycles. The minimum absolute atomic E-state index is 0.00541. The highest BCUT2D eigenvalue weighted by molar-refractivity contribution is 8.03. The number of fused-ring (bicyclic) bond motifs is 1. The molecule has 0 bridgehead atoms. The minimum atomic E-state index is -0.559. The van der Waals surface area contributed by atoms with Gasteiger partial charge in [0.25, 0.3) is 0 Å². The Bertz CT molecular complexity index is 1060. The highest BCUT2D eigenvalue weighted by atomic mass is 32.2. The summed E-state index contributed by atoms with van der Waals surface area (Å²) in [6, 6.07) is 11.6. The van der Waals surface area contributed by atoms with Crippen LogP contribution >= 0.6 is 11.8 Å². The first-order valence-electron chi connectivity index (χ1n) is 9.30. The molecule has 3 rings (SSSR count). The van der Waals surface area contributed by atoms with E-state index in [4.69, 9.17) is 4.74 Å². The van der Waals surface area contributed by atoms with E-state index in [1.54, 1.807) is 6.07 Å². The fourth-order valence-electron chi connectivity index (χ4n) is 3.61. The van der Waals surface area contributed by atoms with E-state index in [9.17, 15) is 14.9 Å². The molecule has 0 aliphatic carbocycles. The normalized spacial score (nSPS) is 14.6. The average Bonchev–Trinajstić information content (AvgIpc) is 3.17. The predicted molar refractivity (Wildman–Crippen MR) is 113 cm³/mol. The Balaban J connectivity index is 1.76. The van der Waals surface area contributed by atoms with E-state index in [-0.39, 0.29) is 11.6 Å². The Morgan fingerprint density at radius 3 is 2.52 bits per heavy atom. The number of carbonyl (C=O) groups is 2. The summed E-state index contributed by atoms with van der Waals surface area (Å²) < 4.78 is 7.30. The molecule has 150 valence electrons. The topological polar surface area (TPSA) is 75.3 Å². The zero-order valence-electron chi connectivity index (χ0n) is 17.1. The predicted octanol–water partition coefficient (Wildman–Crippen LogP) is 4.39. The van der Waals surface area contributed by atoms with E-state index in [0.717, 1.165) is 22.0 Å². The van der Waals surface area contributed by atoms with Crippen LogP contribution in [0.25, 0.3) is 0 Å². The van der Waals surface area contributed by atoms with Crippen molar-refractivity contribution in [1.82, 2.24) is 4.57 Å². The Labute approximate surface area is 174 Å². The molecular formula is C22H23N3O3S. The molecule has 1 aromatic carbocycles. The average molecular weight is 410 g/mol. The highest BCUT2D eigenvalue weighted by Gasteiger charge is 2.28. The lowest BCUT2D eigenvalue weighted by Gasteiger charge is -2.15. The largest absolute Gasteiger partial charge is 0.454 e. The van der Waals surface area contributed by atoms with Crippen LogP contribution in [0.15, 0.2) is 45.8 Å². The smallest absolute Gasteiger partial charge is 0.340 e. The number of aromatic nitrogens is 1. The quantitative estimate of drug-likeness (QED) is 0.414. The molecule has 0 N–H and O–H groups in total. The molecule has 2 aromatic rings. The van der Waals surface area contributed by atoms with Crippen LogP contribution in [0.2, 0.25) is 0 Å². The number of ketones is 1. The van der Waals surface area contributed by atoms with Crippen molar-refractivity contribution < 1.29 is 14.3 Å². The lowest BCUT2D eigenvalue weighted by molar-refractivity contribution is -0.118. The number of nitriles is 1. The summed E-state index contributed by atoms with van der Waals surface area (Å²) in [5, 5.41) is 10.1. The number of hydrogen-bond donors (Lipinski definition) is 0. The lowest BCUT2D eigenvalue weighted by atomic mass is 10.2. The molecule has 1 aliphatic rings. The number of Topliss-reactive ketones (excluding diaryl/α,β-unsaturated/α-hetero) is 1. The van der Waals surface area contributed by atoms with Crippen LogP contribution in [0.3, 0.4) is 0 Å². The molecule has 0 saturated heterocycles. The van der Waals surface area contributed by atoms with Gasteiger partial charge in [0.05, 0.1) is 11.3 Å². The maximum Gasteiger partial charge on any atom is 0.340 e. The summed E-state index contributed by atoms with van der Waals surface area (Å²) in [7, 11) is 1.81. The van der Waals surface area contributed by atoms with Crippen LogP contribution in [-0.2, 0) is 9.53 Å². The molecule has 6 nitrogen and oxygen atoms in total. The van der Waals surface area contributed by atoms with Crippen molar-refractivity contribution in [3.8, 4) is 6.07 Å². The molecule has 0 fully saturated rings. The van der Waals surface area contributed by atoms with Crippen LogP contribution in [0, 0.1) is 25.2 Å². The van der Waals surface area contributed by atoms with Crippen molar-refractivity contribution in [2.45, 2.75) is 38.6 Å². The number of aryl methyl sites for hydroxylation is 1. The number of nitrogens with zero attached hydrogens (tertiary/aromatic N) is 3. The number of hydrogen-bond acceptors (Lipinski definition) is 6. The van der Waals surface area contributed by atoms with Gasteiger partial charge in [-0.15, -0.1) is 0 Å². The van der Waals surface area contributed by atoms with Crippen molar-refractivity contribution in [2.75, 3.05) is 18.6 Å². The number of ether oxygens (including phenoxy) is 1. The zero-order chi connectivity index (χ0) is 21.3. The number of esters is 1. The van der Waals surface area contributed by atoms with E-state index in [2.05, 4.69) is 0 Å². The van der Waals surface area contributed by atoms with E-state index >= 15 is 0 Å². The van der Waals surface area contributed by atoms with Crippen molar-refractivity contribution in [1.29, 1.82) is 5.26 Å². The first kappa shape index (κ1) is 20.7. The molecule has 0 saturated carbocycles. The molecule has 29 heavy (non-hydrogen) atoms. The molecular weight excluding hydrogens is 386 g/mol. The minimum Gasteiger partial charge on any atom is -0.454 e. The summed E-state index contributed by atoms with van der Waals surface area (Å²) in [5.41, 5.74) is 3.13. The summed E-state index contributed by atoms with van der Waals surface area (Å²) >= 11 is 1.37. The Kier molecular flexibility index (Phi) is 5.85. The number of rotatable bonds is 5. The molecule has 0 unspecified atom stereocenters. The molecule has 0 radical (unpaired) electrons. The van der Waals surface area contributed by atoms with Gasteiger partial charge >= 0.3 is 5.97 Å². The first-order chi connectivity index (χ1) is 13.8. The van der Waals surface area contributed by atoms with Gasteiger partial charge in [-0.25, -0.2) is 4.79 Å². The number of para-hydroxylation sites is 1. The first-order valence-corrected chi connectivity index (χ1v) is 10.1. The van der Waals surface area contributed by atoms with E-state index in [1.807, 2.05) is 74.5 Å². The maximum absolute atomic E-state index is 12.7. The fourth-order valence-corrected chi connectivity index (χ4v) is 4.77. The zero-order valence-corrected chi connectivity index (χ0v) is 18.0. The maximum atomic E-state index is 12.7. The molecule has 7 heteroatoms.